The zero-order chi connectivity index (χ0) is 25.9. The zero-order valence-corrected chi connectivity index (χ0v) is 22.8. The van der Waals surface area contributed by atoms with Gasteiger partial charge in [0.1, 0.15) is 11.8 Å². The monoisotopic (exact) mass is 550 g/mol. The first-order chi connectivity index (χ1) is 17.3. The van der Waals surface area contributed by atoms with Crippen LogP contribution in [-0.2, 0) is 22.6 Å². The summed E-state index contributed by atoms with van der Waals surface area (Å²) in [7, 11) is 0. The summed E-state index contributed by atoms with van der Waals surface area (Å²) in [5.74, 6) is 0.582. The third-order valence-electron chi connectivity index (χ3n) is 5.79. The third kappa shape index (κ3) is 8.83. The lowest BCUT2D eigenvalue weighted by molar-refractivity contribution is -0.141. The molecule has 0 aliphatic heterocycles. The molecule has 0 saturated carbocycles. The highest BCUT2D eigenvalue weighted by Gasteiger charge is 2.30. The smallest absolute Gasteiger partial charge is 0.243 e. The Morgan fingerprint density at radius 3 is 2.22 bits per heavy atom. The molecule has 0 aliphatic rings. The van der Waals surface area contributed by atoms with Crippen molar-refractivity contribution in [3.63, 3.8) is 0 Å². The van der Waals surface area contributed by atoms with Gasteiger partial charge in [-0.15, -0.1) is 0 Å². The fraction of sp³-hybridized carbons (Fsp3) is 0.333. The summed E-state index contributed by atoms with van der Waals surface area (Å²) in [5, 5.41) is 3.02. The molecule has 0 saturated heterocycles. The SMILES string of the molecule is Cc1ccc(OCCCC(=O)N(Cc2ccc(Br)cc2)[C@@H](Cc2ccccc2)C(=O)NC(C)C)cc1. The molecule has 3 aromatic rings. The predicted octanol–water partition coefficient (Wildman–Crippen LogP) is 6.08. The number of carbonyl (C=O) groups excluding carboxylic acids is 2. The number of hydrogen-bond acceptors (Lipinski definition) is 3. The van der Waals surface area contributed by atoms with Crippen molar-refractivity contribution in [3.8, 4) is 5.75 Å². The molecule has 5 nitrogen and oxygen atoms in total. The fourth-order valence-electron chi connectivity index (χ4n) is 3.91. The Morgan fingerprint density at radius 2 is 1.58 bits per heavy atom. The molecule has 190 valence electrons. The lowest BCUT2D eigenvalue weighted by atomic mass is 10.0. The second kappa shape index (κ2) is 13.8. The molecule has 3 rings (SSSR count). The van der Waals surface area contributed by atoms with E-state index in [-0.39, 0.29) is 17.9 Å². The van der Waals surface area contributed by atoms with Gasteiger partial charge in [-0.1, -0.05) is 76.1 Å². The highest BCUT2D eigenvalue weighted by molar-refractivity contribution is 9.10. The van der Waals surface area contributed by atoms with E-state index in [0.29, 0.717) is 32.4 Å². The van der Waals surface area contributed by atoms with Crippen molar-refractivity contribution in [2.45, 2.75) is 58.7 Å². The first kappa shape index (κ1) is 27.5. The van der Waals surface area contributed by atoms with E-state index < -0.39 is 6.04 Å². The Balaban J connectivity index is 1.77. The van der Waals surface area contributed by atoms with E-state index in [1.807, 2.05) is 99.6 Å². The van der Waals surface area contributed by atoms with Crippen LogP contribution < -0.4 is 10.1 Å². The summed E-state index contributed by atoms with van der Waals surface area (Å²) >= 11 is 3.47. The van der Waals surface area contributed by atoms with E-state index in [1.54, 1.807) is 4.90 Å². The number of hydrogen-bond donors (Lipinski definition) is 1. The summed E-state index contributed by atoms with van der Waals surface area (Å²) < 4.78 is 6.79. The Kier molecular flexibility index (Phi) is 10.6. The van der Waals surface area contributed by atoms with Gasteiger partial charge in [-0.05, 0) is 62.6 Å². The second-order valence-corrected chi connectivity index (χ2v) is 10.2. The van der Waals surface area contributed by atoms with Crippen molar-refractivity contribution < 1.29 is 14.3 Å². The standard InChI is InChI=1S/C30H35BrN2O3/c1-22(2)32-30(35)28(20-24-8-5-4-6-9-24)33(21-25-13-15-26(31)16-14-25)29(34)10-7-19-36-27-17-11-23(3)12-18-27/h4-6,8-9,11-18,22,28H,7,10,19-21H2,1-3H3,(H,32,35)/t28-/m0/s1. The number of nitrogens with zero attached hydrogens (tertiary/aromatic N) is 1. The van der Waals surface area contributed by atoms with Crippen LogP contribution >= 0.6 is 15.9 Å². The maximum absolute atomic E-state index is 13.6. The van der Waals surface area contributed by atoms with Crippen molar-refractivity contribution in [2.75, 3.05) is 6.61 Å². The number of rotatable bonds is 12. The molecular formula is C30H35BrN2O3. The lowest BCUT2D eigenvalue weighted by Gasteiger charge is -2.32. The molecule has 0 unspecified atom stereocenters. The van der Waals surface area contributed by atoms with Gasteiger partial charge in [0.25, 0.3) is 0 Å². The maximum atomic E-state index is 13.6. The fourth-order valence-corrected chi connectivity index (χ4v) is 4.18. The third-order valence-corrected chi connectivity index (χ3v) is 6.32. The van der Waals surface area contributed by atoms with Crippen LogP contribution in [0.5, 0.6) is 5.75 Å². The molecular weight excluding hydrogens is 516 g/mol. The van der Waals surface area contributed by atoms with Crippen LogP contribution in [0.3, 0.4) is 0 Å². The van der Waals surface area contributed by atoms with Crippen LogP contribution in [0.25, 0.3) is 0 Å². The molecule has 0 spiro atoms. The summed E-state index contributed by atoms with van der Waals surface area (Å²) in [6.07, 6.45) is 1.30. The largest absolute Gasteiger partial charge is 0.494 e. The van der Waals surface area contributed by atoms with Crippen molar-refractivity contribution in [3.05, 3.63) is 100 Å². The van der Waals surface area contributed by atoms with Gasteiger partial charge < -0.3 is 15.0 Å². The van der Waals surface area contributed by atoms with Crippen LogP contribution in [-0.4, -0.2) is 35.4 Å². The molecule has 3 aromatic carbocycles. The number of halogens is 1. The van der Waals surface area contributed by atoms with E-state index in [9.17, 15) is 9.59 Å². The van der Waals surface area contributed by atoms with E-state index in [1.165, 1.54) is 5.56 Å². The minimum absolute atomic E-state index is 0.0247. The van der Waals surface area contributed by atoms with Crippen molar-refractivity contribution in [1.29, 1.82) is 0 Å². The first-order valence-corrected chi connectivity index (χ1v) is 13.2. The average Bonchev–Trinajstić information content (AvgIpc) is 2.86. The summed E-state index contributed by atoms with van der Waals surface area (Å²) in [5.41, 5.74) is 3.15. The minimum atomic E-state index is -0.621. The van der Waals surface area contributed by atoms with Crippen molar-refractivity contribution >= 4 is 27.7 Å². The molecule has 1 atom stereocenters. The summed E-state index contributed by atoms with van der Waals surface area (Å²) in [4.78, 5) is 28.6. The average molecular weight is 552 g/mol. The van der Waals surface area contributed by atoms with Crippen molar-refractivity contribution in [1.82, 2.24) is 10.2 Å². The number of amides is 2. The van der Waals surface area contributed by atoms with Crippen LogP contribution in [0.2, 0.25) is 0 Å². The van der Waals surface area contributed by atoms with Crippen molar-refractivity contribution in [2.24, 2.45) is 0 Å². The molecule has 0 aliphatic carbocycles. The molecule has 0 radical (unpaired) electrons. The van der Waals surface area contributed by atoms with E-state index in [2.05, 4.69) is 21.2 Å². The first-order valence-electron chi connectivity index (χ1n) is 12.4. The van der Waals surface area contributed by atoms with E-state index in [0.717, 1.165) is 21.3 Å². The maximum Gasteiger partial charge on any atom is 0.243 e. The van der Waals surface area contributed by atoms with E-state index in [4.69, 9.17) is 4.74 Å². The van der Waals surface area contributed by atoms with Gasteiger partial charge in [-0.2, -0.15) is 0 Å². The van der Waals surface area contributed by atoms with Gasteiger partial charge in [-0.25, -0.2) is 0 Å². The Labute approximate surface area is 223 Å². The normalized spacial score (nSPS) is 11.7. The minimum Gasteiger partial charge on any atom is -0.494 e. The van der Waals surface area contributed by atoms with Crippen LogP contribution in [0.4, 0.5) is 0 Å². The number of benzene rings is 3. The molecule has 0 bridgehead atoms. The summed E-state index contributed by atoms with van der Waals surface area (Å²) in [6, 6.07) is 24.9. The molecule has 0 aromatic heterocycles. The highest BCUT2D eigenvalue weighted by atomic mass is 79.9. The van der Waals surface area contributed by atoms with Gasteiger partial charge in [0.2, 0.25) is 11.8 Å². The summed E-state index contributed by atoms with van der Waals surface area (Å²) in [6.45, 7) is 6.68. The molecule has 1 N–H and O–H groups in total. The van der Waals surface area contributed by atoms with E-state index >= 15 is 0 Å². The molecule has 36 heavy (non-hydrogen) atoms. The van der Waals surface area contributed by atoms with Crippen LogP contribution in [0, 0.1) is 6.92 Å². The Hall–Kier alpha value is -3.12. The van der Waals surface area contributed by atoms with Crippen LogP contribution in [0.15, 0.2) is 83.3 Å². The number of carbonyl (C=O) groups is 2. The Morgan fingerprint density at radius 1 is 0.917 bits per heavy atom. The number of ether oxygens (including phenoxy) is 1. The van der Waals surface area contributed by atoms with Gasteiger partial charge in [0.05, 0.1) is 6.61 Å². The quantitative estimate of drug-likeness (QED) is 0.278. The number of aryl methyl sites for hydroxylation is 1. The topological polar surface area (TPSA) is 58.6 Å². The lowest BCUT2D eigenvalue weighted by Crippen LogP contribution is -2.51. The van der Waals surface area contributed by atoms with Crippen LogP contribution in [0.1, 0.15) is 43.4 Å². The van der Waals surface area contributed by atoms with Gasteiger partial charge in [0.15, 0.2) is 0 Å². The van der Waals surface area contributed by atoms with Gasteiger partial charge in [-0.3, -0.25) is 9.59 Å². The van der Waals surface area contributed by atoms with Gasteiger partial charge >= 0.3 is 0 Å². The zero-order valence-electron chi connectivity index (χ0n) is 21.2. The Bertz CT molecular complexity index is 1100. The second-order valence-electron chi connectivity index (χ2n) is 9.28. The van der Waals surface area contributed by atoms with Gasteiger partial charge in [0, 0.05) is 29.9 Å². The predicted molar refractivity (Wildman–Crippen MR) is 148 cm³/mol. The molecule has 6 heteroatoms. The molecule has 0 heterocycles. The number of nitrogens with one attached hydrogen (secondary N) is 1. The highest BCUT2D eigenvalue weighted by Crippen LogP contribution is 2.19. The molecule has 0 fully saturated rings. The molecule has 2 amide bonds.